The Kier molecular flexibility index (Phi) is 4.73. The van der Waals surface area contributed by atoms with Crippen molar-refractivity contribution in [3.8, 4) is 16.9 Å². The number of rotatable bonds is 3. The molecule has 12 heteroatoms. The molecule has 0 saturated heterocycles. The van der Waals surface area contributed by atoms with Crippen molar-refractivity contribution in [1.29, 1.82) is 0 Å². The van der Waals surface area contributed by atoms with Crippen LogP contribution in [0.1, 0.15) is 11.8 Å². The minimum atomic E-state index is -3.61. The molecule has 0 saturated carbocycles. The Morgan fingerprint density at radius 2 is 1.81 bits per heavy atom. The Morgan fingerprint density at radius 1 is 1.12 bits per heavy atom. The fourth-order valence-corrected chi connectivity index (χ4v) is 7.07. The van der Waals surface area contributed by atoms with Gasteiger partial charge in [0.1, 0.15) is 5.54 Å². The second-order valence-electron chi connectivity index (χ2n) is 7.61. The van der Waals surface area contributed by atoms with Gasteiger partial charge in [0.05, 0.1) is 44.1 Å². The lowest BCUT2D eigenvalue weighted by Crippen LogP contribution is -2.50. The van der Waals surface area contributed by atoms with Gasteiger partial charge in [-0.3, -0.25) is 4.98 Å². The predicted octanol–water partition coefficient (Wildman–Crippen LogP) is 3.00. The summed E-state index contributed by atoms with van der Waals surface area (Å²) in [5.74, 6) is -0.286. The second-order valence-corrected chi connectivity index (χ2v) is 11.0. The van der Waals surface area contributed by atoms with Crippen molar-refractivity contribution in [1.82, 2.24) is 24.3 Å². The number of pyridine rings is 1. The molecule has 1 aliphatic heterocycles. The summed E-state index contributed by atoms with van der Waals surface area (Å²) in [6, 6.07) is 9.50. The van der Waals surface area contributed by atoms with Crippen LogP contribution < -0.4 is 5.73 Å². The maximum absolute atomic E-state index is 12.6. The van der Waals surface area contributed by atoms with Gasteiger partial charge in [0.25, 0.3) is 0 Å². The summed E-state index contributed by atoms with van der Waals surface area (Å²) in [6.45, 7) is 1.74. The molecule has 9 nitrogen and oxygen atoms in total. The molecule has 5 rings (SSSR count). The van der Waals surface area contributed by atoms with Gasteiger partial charge in [0.15, 0.2) is 0 Å². The van der Waals surface area contributed by atoms with Crippen molar-refractivity contribution in [2.45, 2.75) is 12.5 Å². The number of fused-ring (bicyclic) bond motifs is 1. The van der Waals surface area contributed by atoms with Crippen LogP contribution in [0.5, 0.6) is 0 Å². The highest BCUT2D eigenvalue weighted by molar-refractivity contribution is 7.89. The summed E-state index contributed by atoms with van der Waals surface area (Å²) in [6.07, 6.45) is 4.92. The highest BCUT2D eigenvalue weighted by Crippen LogP contribution is 2.47. The van der Waals surface area contributed by atoms with Gasteiger partial charge in [0, 0.05) is 24.2 Å². The van der Waals surface area contributed by atoms with Crippen LogP contribution >= 0.6 is 22.9 Å². The van der Waals surface area contributed by atoms with Gasteiger partial charge in [-0.25, -0.2) is 17.7 Å². The first kappa shape index (κ1) is 20.9. The lowest BCUT2D eigenvalue weighted by atomic mass is 10.0. The van der Waals surface area contributed by atoms with Crippen molar-refractivity contribution < 1.29 is 8.42 Å². The fraction of sp³-hybridized carbons (Fsp3) is 0.200. The second kappa shape index (κ2) is 7.26. The third-order valence-electron chi connectivity index (χ3n) is 5.39. The average Bonchev–Trinajstić information content (AvgIpc) is 3.41. The Morgan fingerprint density at radius 3 is 2.47 bits per heavy atom. The molecule has 0 spiro atoms. The molecule has 1 unspecified atom stereocenters. The number of guanidine groups is 1. The first-order valence-corrected chi connectivity index (χ1v) is 12.4. The van der Waals surface area contributed by atoms with E-state index in [4.69, 9.17) is 17.3 Å². The molecule has 2 N–H and O–H groups in total. The number of nitrogens with two attached hydrogens (primary N) is 1. The van der Waals surface area contributed by atoms with E-state index in [1.54, 1.807) is 25.5 Å². The van der Waals surface area contributed by atoms with Gasteiger partial charge < -0.3 is 5.73 Å². The third kappa shape index (κ3) is 3.24. The van der Waals surface area contributed by atoms with E-state index >= 15 is 0 Å². The molecule has 3 aromatic heterocycles. The van der Waals surface area contributed by atoms with Gasteiger partial charge in [-0.15, -0.1) is 11.3 Å². The first-order valence-electron chi connectivity index (χ1n) is 9.56. The summed E-state index contributed by atoms with van der Waals surface area (Å²) < 4.78 is 27.1. The number of aliphatic imine (C=N–C) groups is 1. The molecule has 1 atom stereocenters. The van der Waals surface area contributed by atoms with Crippen LogP contribution in [0.2, 0.25) is 5.02 Å². The molecule has 1 aromatic carbocycles. The highest BCUT2D eigenvalue weighted by Gasteiger charge is 2.43. The van der Waals surface area contributed by atoms with Crippen LogP contribution in [-0.4, -0.2) is 51.5 Å². The summed E-state index contributed by atoms with van der Waals surface area (Å²) in [5.41, 5.74) is 7.29. The monoisotopic (exact) mass is 487 g/mol. The summed E-state index contributed by atoms with van der Waals surface area (Å²) in [5, 5.41) is 9.53. The fourth-order valence-electron chi connectivity index (χ4n) is 3.71. The first-order chi connectivity index (χ1) is 15.2. The van der Waals surface area contributed by atoms with Gasteiger partial charge in [-0.1, -0.05) is 23.7 Å². The van der Waals surface area contributed by atoms with E-state index in [2.05, 4.69) is 20.2 Å². The Hall–Kier alpha value is -3.02. The minimum absolute atomic E-state index is 0.0616. The van der Waals surface area contributed by atoms with Crippen LogP contribution in [0.15, 0.2) is 53.9 Å². The Balaban J connectivity index is 1.64. The molecule has 0 aliphatic carbocycles. The number of benzene rings is 1. The van der Waals surface area contributed by atoms with Crippen LogP contribution in [0.4, 0.5) is 0 Å². The average molecular weight is 488 g/mol. The largest absolute Gasteiger partial charge is 0.369 e. The molecule has 1 aliphatic rings. The van der Waals surface area contributed by atoms with Crippen LogP contribution in [-0.2, 0) is 15.6 Å². The Labute approximate surface area is 193 Å². The molecule has 164 valence electrons. The zero-order valence-corrected chi connectivity index (χ0v) is 19.5. The molecule has 0 radical (unpaired) electrons. The number of hydrogen-bond acceptors (Lipinski definition) is 8. The minimum Gasteiger partial charge on any atom is -0.369 e. The lowest BCUT2D eigenvalue weighted by Gasteiger charge is -2.33. The maximum Gasteiger partial charge on any atom is 0.239 e. The van der Waals surface area contributed by atoms with Gasteiger partial charge in [-0.05, 0) is 25.1 Å². The SMILES string of the molecule is CN1C(N)=NC(C)(c2sc3c(-c4ccc(-n5nccn5)cc4)nccc3c2Cl)CS1(=O)=O. The summed E-state index contributed by atoms with van der Waals surface area (Å²) in [4.78, 5) is 11.2. The van der Waals surface area contributed by atoms with E-state index in [-0.39, 0.29) is 11.7 Å². The number of halogens is 1. The normalized spacial score (nSPS) is 20.5. The van der Waals surface area contributed by atoms with E-state index in [9.17, 15) is 8.42 Å². The van der Waals surface area contributed by atoms with Crippen LogP contribution in [0, 0.1) is 0 Å². The maximum atomic E-state index is 12.6. The Bertz CT molecular complexity index is 1460. The highest BCUT2D eigenvalue weighted by atomic mass is 35.5. The van der Waals surface area contributed by atoms with Crippen molar-refractivity contribution in [2.24, 2.45) is 10.7 Å². The molecule has 32 heavy (non-hydrogen) atoms. The van der Waals surface area contributed by atoms with E-state index < -0.39 is 15.6 Å². The molecular weight excluding hydrogens is 470 g/mol. The number of sulfonamides is 1. The van der Waals surface area contributed by atoms with Crippen LogP contribution in [0.3, 0.4) is 0 Å². The number of aromatic nitrogens is 4. The molecule has 4 heterocycles. The zero-order valence-electron chi connectivity index (χ0n) is 17.1. The smallest absolute Gasteiger partial charge is 0.239 e. The van der Waals surface area contributed by atoms with Gasteiger partial charge in [-0.2, -0.15) is 15.0 Å². The molecule has 0 bridgehead atoms. The number of hydrogen-bond donors (Lipinski definition) is 1. The van der Waals surface area contributed by atoms with Crippen molar-refractivity contribution in [3.63, 3.8) is 0 Å². The van der Waals surface area contributed by atoms with Crippen molar-refractivity contribution >= 4 is 49.0 Å². The molecule has 0 amide bonds. The molecule has 0 fully saturated rings. The van der Waals surface area contributed by atoms with E-state index in [0.717, 1.165) is 31.3 Å². The van der Waals surface area contributed by atoms with E-state index in [1.807, 2.05) is 30.3 Å². The summed E-state index contributed by atoms with van der Waals surface area (Å²) >= 11 is 8.14. The molecule has 4 aromatic rings. The summed E-state index contributed by atoms with van der Waals surface area (Å²) in [7, 11) is -2.22. The van der Waals surface area contributed by atoms with E-state index in [1.165, 1.54) is 23.2 Å². The number of thiophene rings is 1. The van der Waals surface area contributed by atoms with Crippen molar-refractivity contribution in [3.05, 3.63) is 58.8 Å². The quantitative estimate of drug-likeness (QED) is 0.474. The standard InChI is InChI=1S/C20H18ClN7O2S2/c1-20(11-32(29,30)27(2)19(22)26-20)18-15(21)14-7-8-23-16(17(14)31-18)12-3-5-13(6-4-12)28-24-9-10-25-28/h3-10H,11H2,1-2H3,(H2,22,26). The van der Waals surface area contributed by atoms with Gasteiger partial charge >= 0.3 is 0 Å². The predicted molar refractivity (Wildman–Crippen MR) is 126 cm³/mol. The van der Waals surface area contributed by atoms with Crippen LogP contribution in [0.25, 0.3) is 27.0 Å². The topological polar surface area (TPSA) is 119 Å². The van der Waals surface area contributed by atoms with Crippen molar-refractivity contribution in [2.75, 3.05) is 12.8 Å². The third-order valence-corrected chi connectivity index (χ3v) is 9.31. The lowest BCUT2D eigenvalue weighted by molar-refractivity contribution is 0.482. The van der Waals surface area contributed by atoms with E-state index in [0.29, 0.717) is 9.90 Å². The molecular formula is C20H18ClN7O2S2. The zero-order chi connectivity index (χ0) is 22.7. The number of nitrogens with zero attached hydrogens (tertiary/aromatic N) is 6. The van der Waals surface area contributed by atoms with Gasteiger partial charge in [0.2, 0.25) is 16.0 Å².